The molecule has 0 atom stereocenters. The van der Waals surface area contributed by atoms with Gasteiger partial charge in [-0.2, -0.15) is 10.4 Å². The first-order valence-electron chi connectivity index (χ1n) is 6.97. The summed E-state index contributed by atoms with van der Waals surface area (Å²) in [5.41, 5.74) is 2.21. The molecule has 0 radical (unpaired) electrons. The van der Waals surface area contributed by atoms with E-state index >= 15 is 0 Å². The van der Waals surface area contributed by atoms with Crippen LogP contribution in [-0.4, -0.2) is 26.1 Å². The minimum atomic E-state index is -0.0480. The molecule has 0 fully saturated rings. The number of nitriles is 1. The van der Waals surface area contributed by atoms with Crippen molar-refractivity contribution in [3.8, 4) is 6.07 Å². The first kappa shape index (κ1) is 18.6. The van der Waals surface area contributed by atoms with Gasteiger partial charge < -0.3 is 0 Å². The number of benzene rings is 1. The maximum absolute atomic E-state index is 8.95. The predicted octanol–water partition coefficient (Wildman–Crippen LogP) is 5.39. The van der Waals surface area contributed by atoms with Crippen LogP contribution in [0.3, 0.4) is 0 Å². The van der Waals surface area contributed by atoms with E-state index in [0.29, 0.717) is 6.54 Å². The summed E-state index contributed by atoms with van der Waals surface area (Å²) < 4.78 is 0.740. The van der Waals surface area contributed by atoms with Gasteiger partial charge >= 0.3 is 0 Å². The molecule has 0 aliphatic rings. The van der Waals surface area contributed by atoms with Gasteiger partial charge in [-0.25, -0.2) is 4.98 Å². The van der Waals surface area contributed by atoms with E-state index in [9.17, 15) is 0 Å². The van der Waals surface area contributed by atoms with E-state index in [4.69, 9.17) is 40.1 Å². The van der Waals surface area contributed by atoms with Gasteiger partial charge in [-0.3, -0.25) is 4.48 Å². The molecular weight excluding hydrogens is 369 g/mol. The van der Waals surface area contributed by atoms with Gasteiger partial charge in [-0.15, -0.1) is 5.11 Å². The molecule has 0 saturated heterocycles. The molecule has 124 valence electrons. The van der Waals surface area contributed by atoms with E-state index in [0.717, 1.165) is 10.0 Å². The summed E-state index contributed by atoms with van der Waals surface area (Å²) in [6.07, 6.45) is 0. The number of hydrogen-bond donors (Lipinski definition) is 0. The Bertz CT molecular complexity index is 818. The third-order valence-electron chi connectivity index (χ3n) is 3.26. The van der Waals surface area contributed by atoms with E-state index in [2.05, 4.69) is 36.4 Å². The predicted molar refractivity (Wildman–Crippen MR) is 98.2 cm³/mol. The van der Waals surface area contributed by atoms with Crippen molar-refractivity contribution >= 4 is 46.3 Å². The number of quaternary nitrogens is 1. The van der Waals surface area contributed by atoms with Crippen LogP contribution in [0.25, 0.3) is 0 Å². The van der Waals surface area contributed by atoms with Crippen molar-refractivity contribution in [2.24, 2.45) is 10.2 Å². The Morgan fingerprint density at radius 1 is 1.08 bits per heavy atom. The van der Waals surface area contributed by atoms with Crippen molar-refractivity contribution in [1.29, 1.82) is 5.26 Å². The van der Waals surface area contributed by atoms with Crippen molar-refractivity contribution in [1.82, 2.24) is 9.47 Å². The minimum Gasteiger partial charge on any atom is -0.298 e. The third kappa shape index (κ3) is 4.22. The fourth-order valence-electron chi connectivity index (χ4n) is 1.89. The second-order valence-electron chi connectivity index (χ2n) is 5.92. The molecule has 2 aromatic rings. The topological polar surface area (TPSA) is 61.4 Å². The molecule has 0 aliphatic carbocycles. The molecule has 0 unspecified atom stereocenters. The van der Waals surface area contributed by atoms with Gasteiger partial charge in [0.2, 0.25) is 0 Å². The van der Waals surface area contributed by atoms with Crippen LogP contribution in [0.15, 0.2) is 34.5 Å². The fraction of sp³-hybridized carbons (Fsp3) is 0.250. The summed E-state index contributed by atoms with van der Waals surface area (Å²) in [6, 6.07) is 9.92. The number of hydrogen-bond acceptors (Lipinski definition) is 4. The Morgan fingerprint density at radius 2 is 1.71 bits per heavy atom. The zero-order chi connectivity index (χ0) is 17.9. The molecule has 0 N–H and O–H groups in total. The first-order valence-corrected chi connectivity index (χ1v) is 8.10. The monoisotopic (exact) mass is 382 g/mol. The molecule has 0 amide bonds. The smallest absolute Gasteiger partial charge is 0.195 e. The van der Waals surface area contributed by atoms with E-state index in [1.54, 1.807) is 0 Å². The largest absolute Gasteiger partial charge is 0.298 e. The summed E-state index contributed by atoms with van der Waals surface area (Å²) >= 11 is 17.9. The lowest BCUT2D eigenvalue weighted by atomic mass is 10.2. The van der Waals surface area contributed by atoms with E-state index < -0.39 is 0 Å². The molecule has 8 heteroatoms. The average molecular weight is 384 g/mol. The molecular formula is C16H15Cl3N5+. The van der Waals surface area contributed by atoms with Gasteiger partial charge in [-0.1, -0.05) is 46.9 Å². The van der Waals surface area contributed by atoms with Crippen molar-refractivity contribution in [2.75, 3.05) is 21.1 Å². The number of rotatable bonds is 4. The van der Waals surface area contributed by atoms with Gasteiger partial charge in [0.15, 0.2) is 11.0 Å². The Balaban J connectivity index is 2.17. The zero-order valence-electron chi connectivity index (χ0n) is 13.4. The molecule has 5 nitrogen and oxygen atoms in total. The van der Waals surface area contributed by atoms with Gasteiger partial charge in [-0.05, 0) is 17.7 Å². The quantitative estimate of drug-likeness (QED) is 0.403. The van der Waals surface area contributed by atoms with Crippen LogP contribution in [0.2, 0.25) is 15.2 Å². The number of aromatic nitrogens is 1. The lowest BCUT2D eigenvalue weighted by Gasteiger charge is -2.23. The molecule has 0 bridgehead atoms. The number of halogens is 3. The maximum Gasteiger partial charge on any atom is 0.195 e. The molecule has 1 aromatic heterocycles. The molecule has 1 aromatic carbocycles. The highest BCUT2D eigenvalue weighted by Crippen LogP contribution is 2.36. The van der Waals surface area contributed by atoms with E-state index in [-0.39, 0.29) is 26.6 Å². The van der Waals surface area contributed by atoms with Crippen LogP contribution in [0.4, 0.5) is 11.5 Å². The van der Waals surface area contributed by atoms with E-state index in [1.807, 2.05) is 30.3 Å². The third-order valence-corrected chi connectivity index (χ3v) is 4.37. The van der Waals surface area contributed by atoms with E-state index in [1.165, 1.54) is 5.69 Å². The lowest BCUT2D eigenvalue weighted by molar-refractivity contribution is 0.486. The van der Waals surface area contributed by atoms with Crippen molar-refractivity contribution in [3.63, 3.8) is 0 Å². The second-order valence-corrected chi connectivity index (χ2v) is 7.03. The summed E-state index contributed by atoms with van der Waals surface area (Å²) in [5, 5.41) is 17.0. The zero-order valence-corrected chi connectivity index (χ0v) is 15.7. The molecule has 2 rings (SSSR count). The molecule has 24 heavy (non-hydrogen) atoms. The summed E-state index contributed by atoms with van der Waals surface area (Å²) in [4.78, 5) is 3.95. The minimum absolute atomic E-state index is 0.0261. The summed E-state index contributed by atoms with van der Waals surface area (Å²) in [5.74, 6) is 0.0913. The van der Waals surface area contributed by atoms with Gasteiger partial charge in [0.1, 0.15) is 22.3 Å². The normalized spacial score (nSPS) is 11.7. The fourth-order valence-corrected chi connectivity index (χ4v) is 2.55. The SMILES string of the molecule is C[N+](C)(C)c1ccc(CN=Nc2nc(Cl)c(C#N)c(Cl)c2Cl)cc1. The molecule has 0 spiro atoms. The van der Waals surface area contributed by atoms with Crippen LogP contribution < -0.4 is 4.48 Å². The van der Waals surface area contributed by atoms with Crippen LogP contribution in [0, 0.1) is 11.3 Å². The van der Waals surface area contributed by atoms with Crippen LogP contribution in [0.5, 0.6) is 0 Å². The summed E-state index contributed by atoms with van der Waals surface area (Å²) in [7, 11) is 6.29. The number of pyridine rings is 1. The van der Waals surface area contributed by atoms with Gasteiger partial charge in [0.25, 0.3) is 0 Å². The van der Waals surface area contributed by atoms with Crippen molar-refractivity contribution in [3.05, 3.63) is 50.6 Å². The Kier molecular flexibility index (Phi) is 5.79. The Hall–Kier alpha value is -1.71. The second kappa shape index (κ2) is 7.45. The Labute approximate surface area is 155 Å². The van der Waals surface area contributed by atoms with Crippen LogP contribution >= 0.6 is 34.8 Å². The molecule has 0 saturated carbocycles. The average Bonchev–Trinajstić information content (AvgIpc) is 2.52. The first-order chi connectivity index (χ1) is 11.2. The highest BCUT2D eigenvalue weighted by Gasteiger charge is 2.16. The van der Waals surface area contributed by atoms with Gasteiger partial charge in [0, 0.05) is 0 Å². The molecule has 1 heterocycles. The van der Waals surface area contributed by atoms with Crippen LogP contribution in [0.1, 0.15) is 11.1 Å². The van der Waals surface area contributed by atoms with Crippen LogP contribution in [-0.2, 0) is 6.54 Å². The lowest BCUT2D eigenvalue weighted by Crippen LogP contribution is -2.34. The standard InChI is InChI=1S/C16H15Cl3N5/c1-24(2,3)11-6-4-10(5-7-11)9-21-23-16-14(18)13(17)12(8-20)15(19)22-16/h4-7H,9H2,1-3H3/q+1. The number of nitrogens with zero attached hydrogens (tertiary/aromatic N) is 5. The Morgan fingerprint density at radius 3 is 2.25 bits per heavy atom. The highest BCUT2D eigenvalue weighted by atomic mass is 35.5. The maximum atomic E-state index is 8.95. The van der Waals surface area contributed by atoms with Gasteiger partial charge in [0.05, 0.1) is 32.7 Å². The number of azo groups is 1. The molecule has 0 aliphatic heterocycles. The van der Waals surface area contributed by atoms with Crippen molar-refractivity contribution < 1.29 is 0 Å². The highest BCUT2D eigenvalue weighted by molar-refractivity contribution is 6.45. The van der Waals surface area contributed by atoms with Crippen molar-refractivity contribution in [2.45, 2.75) is 6.54 Å². The summed E-state index contributed by atoms with van der Waals surface area (Å²) in [6.45, 7) is 0.366.